The molecular formula is C17H13Br2NO2. The quantitative estimate of drug-likeness (QED) is 0.698. The second-order valence-corrected chi connectivity index (χ2v) is 6.59. The maximum absolute atomic E-state index is 12.2. The highest BCUT2D eigenvalue weighted by atomic mass is 79.9. The zero-order chi connectivity index (χ0) is 15.7. The summed E-state index contributed by atoms with van der Waals surface area (Å²) < 4.78 is 7.38. The van der Waals surface area contributed by atoms with Crippen molar-refractivity contribution in [3.05, 3.63) is 56.5 Å². The fraction of sp³-hybridized carbons (Fsp3) is 0.118. The number of carbonyl (C=O) groups excluding carboxylic acids is 1. The van der Waals surface area contributed by atoms with Crippen LogP contribution in [0.1, 0.15) is 18.1 Å². The van der Waals surface area contributed by atoms with Crippen LogP contribution in [-0.2, 0) is 4.79 Å². The van der Waals surface area contributed by atoms with Crippen LogP contribution in [0.15, 0.2) is 45.3 Å². The average Bonchev–Trinajstić information content (AvgIpc) is 2.79. The predicted molar refractivity (Wildman–Crippen MR) is 96.0 cm³/mol. The zero-order valence-electron chi connectivity index (χ0n) is 11.8. The van der Waals surface area contributed by atoms with Gasteiger partial charge in [-0.25, -0.2) is 0 Å². The van der Waals surface area contributed by atoms with Crippen LogP contribution in [0.5, 0.6) is 5.75 Å². The van der Waals surface area contributed by atoms with E-state index in [9.17, 15) is 4.79 Å². The average molecular weight is 423 g/mol. The van der Waals surface area contributed by atoms with Crippen LogP contribution >= 0.6 is 31.9 Å². The molecule has 0 bridgehead atoms. The number of hydrogen-bond acceptors (Lipinski definition) is 2. The molecule has 1 amide bonds. The lowest BCUT2D eigenvalue weighted by atomic mass is 10.0. The highest BCUT2D eigenvalue weighted by Gasteiger charge is 2.24. The number of hydrogen-bond donors (Lipinski definition) is 1. The van der Waals surface area contributed by atoms with E-state index in [0.29, 0.717) is 12.2 Å². The van der Waals surface area contributed by atoms with Gasteiger partial charge in [-0.05, 0) is 55.0 Å². The smallest absolute Gasteiger partial charge is 0.256 e. The Kier molecular flexibility index (Phi) is 4.36. The minimum absolute atomic E-state index is 0.0955. The maximum atomic E-state index is 12.2. The molecule has 0 aromatic heterocycles. The molecule has 1 aliphatic heterocycles. The monoisotopic (exact) mass is 421 g/mol. The molecule has 2 aromatic rings. The molecule has 2 aromatic carbocycles. The Morgan fingerprint density at radius 2 is 2.00 bits per heavy atom. The lowest BCUT2D eigenvalue weighted by Crippen LogP contribution is -2.03. The number of rotatable bonds is 3. The van der Waals surface area contributed by atoms with Crippen LogP contribution in [0.4, 0.5) is 5.69 Å². The van der Waals surface area contributed by atoms with Crippen molar-refractivity contribution in [2.45, 2.75) is 6.92 Å². The van der Waals surface area contributed by atoms with Gasteiger partial charge in [-0.3, -0.25) is 4.79 Å². The van der Waals surface area contributed by atoms with Crippen molar-refractivity contribution < 1.29 is 9.53 Å². The lowest BCUT2D eigenvalue weighted by Gasteiger charge is -2.06. The predicted octanol–water partition coefficient (Wildman–Crippen LogP) is 5.10. The normalized spacial score (nSPS) is 14.9. The molecule has 0 fully saturated rings. The van der Waals surface area contributed by atoms with Crippen LogP contribution in [-0.4, -0.2) is 12.5 Å². The van der Waals surface area contributed by atoms with E-state index in [4.69, 9.17) is 4.74 Å². The first-order valence-electron chi connectivity index (χ1n) is 6.84. The van der Waals surface area contributed by atoms with Gasteiger partial charge in [0.15, 0.2) is 0 Å². The van der Waals surface area contributed by atoms with E-state index < -0.39 is 0 Å². The number of ether oxygens (including phenoxy) is 1. The third kappa shape index (κ3) is 2.96. The van der Waals surface area contributed by atoms with E-state index in [1.165, 1.54) is 0 Å². The highest BCUT2D eigenvalue weighted by Crippen LogP contribution is 2.36. The molecule has 0 aliphatic carbocycles. The summed E-state index contributed by atoms with van der Waals surface area (Å²) in [6, 6.07) is 11.5. The molecule has 3 nitrogen and oxygen atoms in total. The molecule has 112 valence electrons. The third-order valence-corrected chi connectivity index (χ3v) is 4.56. The molecule has 0 unspecified atom stereocenters. The van der Waals surface area contributed by atoms with Crippen LogP contribution < -0.4 is 10.1 Å². The first-order valence-corrected chi connectivity index (χ1v) is 8.42. The van der Waals surface area contributed by atoms with Crippen LogP contribution in [0.2, 0.25) is 0 Å². The van der Waals surface area contributed by atoms with E-state index in [0.717, 1.165) is 31.5 Å². The molecular weight excluding hydrogens is 410 g/mol. The van der Waals surface area contributed by atoms with Gasteiger partial charge in [0.25, 0.3) is 5.91 Å². The molecule has 1 aliphatic rings. The Labute approximate surface area is 145 Å². The number of nitrogens with one attached hydrogen (secondary N) is 1. The van der Waals surface area contributed by atoms with Gasteiger partial charge in [-0.15, -0.1) is 0 Å². The summed E-state index contributed by atoms with van der Waals surface area (Å²) in [6.45, 7) is 2.55. The van der Waals surface area contributed by atoms with Gasteiger partial charge >= 0.3 is 0 Å². The van der Waals surface area contributed by atoms with Crippen molar-refractivity contribution in [1.82, 2.24) is 0 Å². The van der Waals surface area contributed by atoms with Crippen molar-refractivity contribution >= 4 is 55.1 Å². The fourth-order valence-electron chi connectivity index (χ4n) is 2.35. The first-order chi connectivity index (χ1) is 10.6. The summed E-state index contributed by atoms with van der Waals surface area (Å²) in [5.41, 5.74) is 3.28. The van der Waals surface area contributed by atoms with Crippen molar-refractivity contribution in [2.24, 2.45) is 0 Å². The van der Waals surface area contributed by atoms with E-state index in [2.05, 4.69) is 37.2 Å². The molecule has 3 rings (SSSR count). The molecule has 0 radical (unpaired) electrons. The number of halogens is 2. The molecule has 0 atom stereocenters. The summed E-state index contributed by atoms with van der Waals surface area (Å²) in [6.07, 6.45) is 1.88. The largest absolute Gasteiger partial charge is 0.494 e. The maximum Gasteiger partial charge on any atom is 0.256 e. The Bertz CT molecular complexity index is 784. The lowest BCUT2D eigenvalue weighted by molar-refractivity contribution is -0.110. The Balaban J connectivity index is 2.08. The highest BCUT2D eigenvalue weighted by molar-refractivity contribution is 9.10. The second kappa shape index (κ2) is 6.26. The molecule has 1 N–H and O–H groups in total. The van der Waals surface area contributed by atoms with Crippen molar-refractivity contribution in [1.29, 1.82) is 0 Å². The van der Waals surface area contributed by atoms with Gasteiger partial charge < -0.3 is 10.1 Å². The van der Waals surface area contributed by atoms with Gasteiger partial charge in [0.1, 0.15) is 5.75 Å². The van der Waals surface area contributed by atoms with E-state index in [1.54, 1.807) is 0 Å². The van der Waals surface area contributed by atoms with Gasteiger partial charge in [0, 0.05) is 25.8 Å². The van der Waals surface area contributed by atoms with Gasteiger partial charge in [0.2, 0.25) is 0 Å². The topological polar surface area (TPSA) is 38.3 Å². The molecule has 5 heteroatoms. The third-order valence-electron chi connectivity index (χ3n) is 3.34. The Hall–Kier alpha value is -1.59. The summed E-state index contributed by atoms with van der Waals surface area (Å²) in [5.74, 6) is 0.687. The Morgan fingerprint density at radius 3 is 2.77 bits per heavy atom. The summed E-state index contributed by atoms with van der Waals surface area (Å²) in [4.78, 5) is 12.2. The van der Waals surface area contributed by atoms with Gasteiger partial charge in [0.05, 0.1) is 6.61 Å². The number of amides is 1. The standard InChI is InChI=1S/C17H13Br2NO2/c1-2-22-12-4-5-15(19)10(7-12)8-14-13-9-11(18)3-6-16(13)20-17(14)21/h3-9H,2H2,1H3,(H,20,21)/b14-8+. The van der Waals surface area contributed by atoms with Crippen molar-refractivity contribution in [2.75, 3.05) is 11.9 Å². The molecule has 0 saturated heterocycles. The van der Waals surface area contributed by atoms with Crippen molar-refractivity contribution in [3.63, 3.8) is 0 Å². The van der Waals surface area contributed by atoms with E-state index in [-0.39, 0.29) is 5.91 Å². The van der Waals surface area contributed by atoms with E-state index in [1.807, 2.05) is 49.4 Å². The number of carbonyl (C=O) groups is 1. The van der Waals surface area contributed by atoms with E-state index >= 15 is 0 Å². The summed E-state index contributed by atoms with van der Waals surface area (Å²) in [7, 11) is 0. The summed E-state index contributed by atoms with van der Waals surface area (Å²) >= 11 is 6.97. The Morgan fingerprint density at radius 1 is 1.18 bits per heavy atom. The van der Waals surface area contributed by atoms with Crippen molar-refractivity contribution in [3.8, 4) is 5.75 Å². The fourth-order valence-corrected chi connectivity index (χ4v) is 3.07. The zero-order valence-corrected chi connectivity index (χ0v) is 15.0. The van der Waals surface area contributed by atoms with Gasteiger partial charge in [-0.2, -0.15) is 0 Å². The van der Waals surface area contributed by atoms with Crippen LogP contribution in [0.3, 0.4) is 0 Å². The molecule has 0 spiro atoms. The van der Waals surface area contributed by atoms with Gasteiger partial charge in [-0.1, -0.05) is 31.9 Å². The summed E-state index contributed by atoms with van der Waals surface area (Å²) in [5, 5.41) is 2.88. The molecule has 22 heavy (non-hydrogen) atoms. The van der Waals surface area contributed by atoms with Crippen LogP contribution in [0.25, 0.3) is 11.6 Å². The number of anilines is 1. The second-order valence-electron chi connectivity index (χ2n) is 4.82. The minimum Gasteiger partial charge on any atom is -0.494 e. The SMILES string of the molecule is CCOc1ccc(Br)c(/C=C2/C(=O)Nc3ccc(Br)cc32)c1. The number of fused-ring (bicyclic) bond motifs is 1. The first kappa shape index (κ1) is 15.3. The number of benzene rings is 2. The molecule has 1 heterocycles. The molecule has 0 saturated carbocycles. The van der Waals surface area contributed by atoms with Crippen LogP contribution in [0, 0.1) is 0 Å². The minimum atomic E-state index is -0.0955.